The van der Waals surface area contributed by atoms with Crippen LogP contribution in [0.4, 0.5) is 5.82 Å². The number of carboxylic acids is 1. The van der Waals surface area contributed by atoms with Crippen molar-refractivity contribution in [2.75, 3.05) is 24.7 Å². The molecule has 0 radical (unpaired) electrons. The molecule has 2 N–H and O–H groups in total. The predicted octanol–water partition coefficient (Wildman–Crippen LogP) is -0.342. The molecule has 0 aromatic carbocycles. The molecule has 1 rings (SSSR count). The number of nitrogens with one attached hydrogen (secondary N) is 1. The highest BCUT2D eigenvalue weighted by Crippen LogP contribution is 2.07. The molecule has 1 aromatic rings. The van der Waals surface area contributed by atoms with E-state index in [1.54, 1.807) is 6.92 Å². The van der Waals surface area contributed by atoms with Gasteiger partial charge in [0.15, 0.2) is 5.82 Å². The number of carboxylic acid groups (broad SMARTS) is 1. The summed E-state index contributed by atoms with van der Waals surface area (Å²) in [4.78, 5) is 22.0. The lowest BCUT2D eigenvalue weighted by molar-refractivity contribution is -0.136. The maximum absolute atomic E-state index is 11.7. The lowest BCUT2D eigenvalue weighted by Gasteiger charge is -2.15. The van der Waals surface area contributed by atoms with Gasteiger partial charge in [0.05, 0.1) is 18.7 Å². The zero-order valence-electron chi connectivity index (χ0n) is 11.0. The number of nitrogens with zero attached hydrogens (tertiary/aromatic N) is 2. The van der Waals surface area contributed by atoms with E-state index in [4.69, 9.17) is 9.63 Å². The number of sulfonamides is 1. The molecule has 0 aliphatic heterocycles. The lowest BCUT2D eigenvalue weighted by atomic mass is 10.5. The highest BCUT2D eigenvalue weighted by molar-refractivity contribution is 7.89. The average Bonchev–Trinajstić information content (AvgIpc) is 2.72. The Morgan fingerprint density at radius 3 is 2.65 bits per heavy atom. The molecule has 0 atom stereocenters. The minimum atomic E-state index is -3.79. The molecule has 0 unspecified atom stereocenters. The Labute approximate surface area is 115 Å². The first-order valence-corrected chi connectivity index (χ1v) is 7.20. The molecule has 1 heterocycles. The van der Waals surface area contributed by atoms with Gasteiger partial charge in [0.2, 0.25) is 15.9 Å². The van der Waals surface area contributed by atoms with E-state index in [1.807, 2.05) is 0 Å². The molecule has 0 spiro atoms. The maximum atomic E-state index is 11.7. The number of anilines is 1. The number of likely N-dealkylation sites (N-methyl/N-ethyl adjacent to an activating group) is 1. The van der Waals surface area contributed by atoms with Crippen molar-refractivity contribution in [2.24, 2.45) is 0 Å². The van der Waals surface area contributed by atoms with Crippen LogP contribution in [0.1, 0.15) is 12.2 Å². The number of aliphatic carboxylic acids is 1. The van der Waals surface area contributed by atoms with Crippen LogP contribution in [0.2, 0.25) is 0 Å². The second-order valence-corrected chi connectivity index (χ2v) is 6.28. The van der Waals surface area contributed by atoms with E-state index in [0.717, 1.165) is 4.31 Å². The fourth-order valence-electron chi connectivity index (χ4n) is 1.28. The zero-order valence-corrected chi connectivity index (χ0v) is 11.8. The summed E-state index contributed by atoms with van der Waals surface area (Å²) in [6.45, 7) is 1.21. The Kier molecular flexibility index (Phi) is 5.22. The average molecular weight is 305 g/mol. The largest absolute Gasteiger partial charge is 0.481 e. The van der Waals surface area contributed by atoms with Gasteiger partial charge in [-0.1, -0.05) is 5.16 Å². The Morgan fingerprint density at radius 1 is 1.50 bits per heavy atom. The SMILES string of the molecule is Cc1cc(NC(=O)CN(C)S(=O)(=O)CCC(=O)O)no1. The molecule has 0 fully saturated rings. The summed E-state index contributed by atoms with van der Waals surface area (Å²) in [7, 11) is -2.59. The van der Waals surface area contributed by atoms with Crippen LogP contribution in [0.3, 0.4) is 0 Å². The van der Waals surface area contributed by atoms with E-state index in [9.17, 15) is 18.0 Å². The van der Waals surface area contributed by atoms with Crippen LogP contribution in [-0.2, 0) is 19.6 Å². The van der Waals surface area contributed by atoms with Gasteiger partial charge in [-0.25, -0.2) is 8.42 Å². The van der Waals surface area contributed by atoms with Gasteiger partial charge in [-0.2, -0.15) is 4.31 Å². The summed E-state index contributed by atoms with van der Waals surface area (Å²) in [6, 6.07) is 1.48. The van der Waals surface area contributed by atoms with E-state index in [1.165, 1.54) is 13.1 Å². The minimum absolute atomic E-state index is 0.184. The van der Waals surface area contributed by atoms with Crippen molar-refractivity contribution in [2.45, 2.75) is 13.3 Å². The van der Waals surface area contributed by atoms with E-state index < -0.39 is 40.6 Å². The van der Waals surface area contributed by atoms with Crippen molar-refractivity contribution >= 4 is 27.7 Å². The molecule has 9 nitrogen and oxygen atoms in total. The van der Waals surface area contributed by atoms with Crippen molar-refractivity contribution in [3.63, 3.8) is 0 Å². The quantitative estimate of drug-likeness (QED) is 0.704. The van der Waals surface area contributed by atoms with Crippen LogP contribution >= 0.6 is 0 Å². The fourth-order valence-corrected chi connectivity index (χ4v) is 2.34. The molecule has 1 aromatic heterocycles. The van der Waals surface area contributed by atoms with Gasteiger partial charge < -0.3 is 14.9 Å². The molecule has 1 amide bonds. The van der Waals surface area contributed by atoms with Gasteiger partial charge in [0.25, 0.3) is 0 Å². The fraction of sp³-hybridized carbons (Fsp3) is 0.500. The molecule has 10 heteroatoms. The smallest absolute Gasteiger partial charge is 0.304 e. The number of aromatic nitrogens is 1. The summed E-state index contributed by atoms with van der Waals surface area (Å²) < 4.78 is 28.9. The van der Waals surface area contributed by atoms with E-state index in [2.05, 4.69) is 10.5 Å². The number of aryl methyl sites for hydroxylation is 1. The van der Waals surface area contributed by atoms with Gasteiger partial charge in [-0.3, -0.25) is 9.59 Å². The molecule has 0 saturated carbocycles. The third-order valence-electron chi connectivity index (χ3n) is 2.31. The second-order valence-electron chi connectivity index (χ2n) is 4.09. The number of amides is 1. The van der Waals surface area contributed by atoms with Crippen molar-refractivity contribution in [3.05, 3.63) is 11.8 Å². The molecule has 0 aliphatic rings. The van der Waals surface area contributed by atoms with Gasteiger partial charge in [-0.05, 0) is 6.92 Å². The maximum Gasteiger partial charge on any atom is 0.304 e. The standard InChI is InChI=1S/C10H15N3O6S/c1-7-5-8(12-19-7)11-9(14)6-13(2)20(17,18)4-3-10(15)16/h5H,3-4,6H2,1-2H3,(H,15,16)(H,11,12,14). The first-order valence-electron chi connectivity index (χ1n) is 5.59. The molecule has 0 saturated heterocycles. The van der Waals surface area contributed by atoms with Gasteiger partial charge >= 0.3 is 5.97 Å². The van der Waals surface area contributed by atoms with E-state index in [-0.39, 0.29) is 5.82 Å². The molecule has 0 bridgehead atoms. The Balaban J connectivity index is 2.54. The summed E-state index contributed by atoms with van der Waals surface area (Å²) in [5.74, 6) is -1.69. The third-order valence-corrected chi connectivity index (χ3v) is 4.11. The molecular weight excluding hydrogens is 290 g/mol. The molecular formula is C10H15N3O6S. The monoisotopic (exact) mass is 305 g/mol. The number of carbonyl (C=O) groups excluding carboxylic acids is 1. The Morgan fingerprint density at radius 2 is 2.15 bits per heavy atom. The van der Waals surface area contributed by atoms with Crippen LogP contribution in [-0.4, -0.2) is 54.2 Å². The topological polar surface area (TPSA) is 130 Å². The van der Waals surface area contributed by atoms with Crippen LogP contribution in [0.15, 0.2) is 10.6 Å². The summed E-state index contributed by atoms with van der Waals surface area (Å²) in [5.41, 5.74) is 0. The zero-order chi connectivity index (χ0) is 15.3. The number of hydrogen-bond donors (Lipinski definition) is 2. The van der Waals surface area contributed by atoms with Gasteiger partial charge in [0.1, 0.15) is 5.76 Å². The number of rotatable bonds is 7. The number of carbonyl (C=O) groups is 2. The van der Waals surface area contributed by atoms with Crippen molar-refractivity contribution in [1.82, 2.24) is 9.46 Å². The van der Waals surface area contributed by atoms with Crippen LogP contribution < -0.4 is 5.32 Å². The molecule has 20 heavy (non-hydrogen) atoms. The highest BCUT2D eigenvalue weighted by Gasteiger charge is 2.21. The van der Waals surface area contributed by atoms with Crippen LogP contribution in [0.5, 0.6) is 0 Å². The Bertz CT molecular complexity index is 594. The van der Waals surface area contributed by atoms with Crippen molar-refractivity contribution in [3.8, 4) is 0 Å². The van der Waals surface area contributed by atoms with E-state index in [0.29, 0.717) is 5.76 Å². The van der Waals surface area contributed by atoms with Gasteiger partial charge in [0, 0.05) is 13.1 Å². The summed E-state index contributed by atoms with van der Waals surface area (Å²) in [6.07, 6.45) is -0.517. The van der Waals surface area contributed by atoms with Crippen LogP contribution in [0, 0.1) is 6.92 Å². The molecule has 0 aliphatic carbocycles. The second kappa shape index (κ2) is 6.48. The molecule has 112 valence electrons. The predicted molar refractivity (Wildman–Crippen MR) is 68.5 cm³/mol. The van der Waals surface area contributed by atoms with Gasteiger partial charge in [-0.15, -0.1) is 0 Å². The highest BCUT2D eigenvalue weighted by atomic mass is 32.2. The Hall–Kier alpha value is -1.94. The van der Waals surface area contributed by atoms with Crippen molar-refractivity contribution < 1.29 is 27.6 Å². The lowest BCUT2D eigenvalue weighted by Crippen LogP contribution is -2.36. The third kappa shape index (κ3) is 4.97. The van der Waals surface area contributed by atoms with Crippen LogP contribution in [0.25, 0.3) is 0 Å². The minimum Gasteiger partial charge on any atom is -0.481 e. The van der Waals surface area contributed by atoms with Crippen molar-refractivity contribution in [1.29, 1.82) is 0 Å². The number of hydrogen-bond acceptors (Lipinski definition) is 6. The summed E-state index contributed by atoms with van der Waals surface area (Å²) in [5, 5.41) is 14.4. The van der Waals surface area contributed by atoms with E-state index >= 15 is 0 Å². The first kappa shape index (κ1) is 16.1. The first-order chi connectivity index (χ1) is 9.20. The summed E-state index contributed by atoms with van der Waals surface area (Å²) >= 11 is 0. The normalized spacial score (nSPS) is 11.6.